The highest BCUT2D eigenvalue weighted by Gasteiger charge is 2.30. The molecule has 1 rings (SSSR count). The minimum absolute atomic E-state index is 0.0311. The van der Waals surface area contributed by atoms with E-state index in [2.05, 4.69) is 4.74 Å². The molecule has 0 N–H and O–H groups in total. The van der Waals surface area contributed by atoms with Crippen molar-refractivity contribution in [2.75, 3.05) is 12.5 Å². The molecule has 2 nitrogen and oxygen atoms in total. The molecule has 0 fully saturated rings. The summed E-state index contributed by atoms with van der Waals surface area (Å²) in [7, 11) is 0. The fraction of sp³-hybridized carbons (Fsp3) is 0.300. The smallest absolute Gasteiger partial charge is 0.416 e. The van der Waals surface area contributed by atoms with Crippen molar-refractivity contribution in [2.24, 2.45) is 0 Å². The van der Waals surface area contributed by atoms with Crippen molar-refractivity contribution in [3.63, 3.8) is 0 Å². The van der Waals surface area contributed by atoms with Gasteiger partial charge in [0.25, 0.3) is 0 Å². The van der Waals surface area contributed by atoms with Crippen LogP contribution in [0.15, 0.2) is 24.3 Å². The van der Waals surface area contributed by atoms with Crippen LogP contribution in [0.5, 0.6) is 0 Å². The van der Waals surface area contributed by atoms with Gasteiger partial charge in [0.05, 0.1) is 17.0 Å². The Bertz CT molecular complexity index is 377. The molecule has 0 heterocycles. The van der Waals surface area contributed by atoms with Crippen molar-refractivity contribution in [2.45, 2.75) is 6.18 Å². The zero-order valence-electron chi connectivity index (χ0n) is 8.05. The van der Waals surface area contributed by atoms with Crippen LogP contribution in [0.3, 0.4) is 0 Å². The van der Waals surface area contributed by atoms with E-state index in [1.807, 2.05) is 0 Å². The lowest BCUT2D eigenvalue weighted by molar-refractivity contribution is -0.137. The molecular weight excluding hydrogens is 245 g/mol. The van der Waals surface area contributed by atoms with Crippen LogP contribution in [-0.4, -0.2) is 18.5 Å². The predicted molar refractivity (Wildman–Crippen MR) is 52.4 cm³/mol. The normalized spacial score (nSPS) is 11.2. The van der Waals surface area contributed by atoms with Gasteiger partial charge in [-0.2, -0.15) is 13.2 Å². The summed E-state index contributed by atoms with van der Waals surface area (Å²) in [6.45, 7) is -0.0311. The summed E-state index contributed by atoms with van der Waals surface area (Å²) < 4.78 is 41.5. The second-order valence-electron chi connectivity index (χ2n) is 2.90. The van der Waals surface area contributed by atoms with E-state index in [0.717, 1.165) is 18.2 Å². The molecule has 0 aromatic heterocycles. The minimum Gasteiger partial charge on any atom is -0.461 e. The Hall–Kier alpha value is -1.23. The maximum atomic E-state index is 12.3. The second-order valence-corrected chi connectivity index (χ2v) is 3.28. The van der Waals surface area contributed by atoms with E-state index in [9.17, 15) is 18.0 Å². The zero-order valence-corrected chi connectivity index (χ0v) is 8.81. The van der Waals surface area contributed by atoms with E-state index in [1.165, 1.54) is 6.07 Å². The Balaban J connectivity index is 2.86. The van der Waals surface area contributed by atoms with Gasteiger partial charge in [0, 0.05) is 0 Å². The SMILES string of the molecule is O=C(OCCCl)c1cccc(C(F)(F)F)c1. The molecule has 0 amide bonds. The number of esters is 1. The van der Waals surface area contributed by atoms with Crippen LogP contribution in [-0.2, 0) is 10.9 Å². The quantitative estimate of drug-likeness (QED) is 0.610. The third kappa shape index (κ3) is 3.41. The van der Waals surface area contributed by atoms with Gasteiger partial charge in [-0.1, -0.05) is 6.07 Å². The van der Waals surface area contributed by atoms with Crippen molar-refractivity contribution in [3.05, 3.63) is 35.4 Å². The minimum atomic E-state index is -4.47. The molecule has 0 unspecified atom stereocenters. The van der Waals surface area contributed by atoms with E-state index in [-0.39, 0.29) is 18.1 Å². The number of carbonyl (C=O) groups excluding carboxylic acids is 1. The number of halogens is 4. The molecule has 0 atom stereocenters. The van der Waals surface area contributed by atoms with Gasteiger partial charge in [-0.05, 0) is 18.2 Å². The van der Waals surface area contributed by atoms with Crippen molar-refractivity contribution in [1.82, 2.24) is 0 Å². The maximum absolute atomic E-state index is 12.3. The highest BCUT2D eigenvalue weighted by atomic mass is 35.5. The van der Waals surface area contributed by atoms with E-state index < -0.39 is 17.7 Å². The Morgan fingerprint density at radius 3 is 2.62 bits per heavy atom. The number of carbonyl (C=O) groups is 1. The summed E-state index contributed by atoms with van der Waals surface area (Å²) in [5.74, 6) is -0.711. The topological polar surface area (TPSA) is 26.3 Å². The van der Waals surface area contributed by atoms with Crippen molar-refractivity contribution >= 4 is 17.6 Å². The third-order valence-electron chi connectivity index (χ3n) is 1.74. The van der Waals surface area contributed by atoms with Crippen LogP contribution in [0.1, 0.15) is 15.9 Å². The molecule has 0 aliphatic carbocycles. The first-order valence-corrected chi connectivity index (χ1v) is 4.89. The molecule has 0 bridgehead atoms. The summed E-state index contributed by atoms with van der Waals surface area (Å²) in [6, 6.07) is 4.04. The standard InChI is InChI=1S/C10H8ClF3O2/c11-4-5-16-9(15)7-2-1-3-8(6-7)10(12,13)14/h1-3,6H,4-5H2. The van der Waals surface area contributed by atoms with Crippen LogP contribution in [0.25, 0.3) is 0 Å². The molecule has 0 saturated heterocycles. The van der Waals surface area contributed by atoms with Crippen LogP contribution in [0.4, 0.5) is 13.2 Å². The first-order valence-electron chi connectivity index (χ1n) is 4.35. The highest BCUT2D eigenvalue weighted by molar-refractivity contribution is 6.18. The third-order valence-corrected chi connectivity index (χ3v) is 1.89. The molecular formula is C10H8ClF3O2. The van der Waals surface area contributed by atoms with Crippen LogP contribution >= 0.6 is 11.6 Å². The molecule has 0 saturated carbocycles. The Morgan fingerprint density at radius 1 is 1.38 bits per heavy atom. The second kappa shape index (κ2) is 5.21. The number of hydrogen-bond acceptors (Lipinski definition) is 2. The number of benzene rings is 1. The molecule has 6 heteroatoms. The fourth-order valence-electron chi connectivity index (χ4n) is 1.04. The Labute approximate surface area is 95.0 Å². The van der Waals surface area contributed by atoms with Crippen molar-refractivity contribution in [3.8, 4) is 0 Å². The fourth-order valence-corrected chi connectivity index (χ4v) is 1.11. The largest absolute Gasteiger partial charge is 0.461 e. The molecule has 1 aromatic rings. The highest BCUT2D eigenvalue weighted by Crippen LogP contribution is 2.29. The Morgan fingerprint density at radius 2 is 2.06 bits per heavy atom. The molecule has 88 valence electrons. The van der Waals surface area contributed by atoms with Crippen LogP contribution < -0.4 is 0 Å². The monoisotopic (exact) mass is 252 g/mol. The van der Waals surface area contributed by atoms with Crippen LogP contribution in [0, 0.1) is 0 Å². The van der Waals surface area contributed by atoms with Gasteiger partial charge in [-0.25, -0.2) is 4.79 Å². The zero-order chi connectivity index (χ0) is 12.2. The van der Waals surface area contributed by atoms with Gasteiger partial charge >= 0.3 is 12.1 Å². The molecule has 0 aliphatic rings. The van der Waals surface area contributed by atoms with Crippen molar-refractivity contribution < 1.29 is 22.7 Å². The molecule has 0 aliphatic heterocycles. The van der Waals surface area contributed by atoms with Gasteiger partial charge in [0.1, 0.15) is 6.61 Å². The van der Waals surface area contributed by atoms with E-state index in [1.54, 1.807) is 0 Å². The average molecular weight is 253 g/mol. The molecule has 16 heavy (non-hydrogen) atoms. The number of alkyl halides is 4. The van der Waals surface area contributed by atoms with E-state index >= 15 is 0 Å². The van der Waals surface area contributed by atoms with Crippen LogP contribution in [0.2, 0.25) is 0 Å². The van der Waals surface area contributed by atoms with Gasteiger partial charge < -0.3 is 4.74 Å². The summed E-state index contributed by atoms with van der Waals surface area (Å²) in [5.41, 5.74) is -1.02. The molecule has 1 aromatic carbocycles. The number of rotatable bonds is 3. The Kier molecular flexibility index (Phi) is 4.18. The van der Waals surface area contributed by atoms with Gasteiger partial charge in [0.2, 0.25) is 0 Å². The summed E-state index contributed by atoms with van der Waals surface area (Å²) >= 11 is 5.28. The lowest BCUT2D eigenvalue weighted by Gasteiger charge is -2.08. The number of ether oxygens (including phenoxy) is 1. The molecule has 0 radical (unpaired) electrons. The first kappa shape index (κ1) is 12.8. The van der Waals surface area contributed by atoms with Crippen molar-refractivity contribution in [1.29, 1.82) is 0 Å². The lowest BCUT2D eigenvalue weighted by Crippen LogP contribution is -2.10. The first-order chi connectivity index (χ1) is 7.45. The lowest BCUT2D eigenvalue weighted by atomic mass is 10.1. The summed E-state index contributed by atoms with van der Waals surface area (Å²) in [4.78, 5) is 11.2. The summed E-state index contributed by atoms with van der Waals surface area (Å²) in [5, 5.41) is 0. The summed E-state index contributed by atoms with van der Waals surface area (Å²) in [6.07, 6.45) is -4.47. The van der Waals surface area contributed by atoms with Gasteiger partial charge in [0.15, 0.2) is 0 Å². The van der Waals surface area contributed by atoms with Gasteiger partial charge in [-0.15, -0.1) is 11.6 Å². The predicted octanol–water partition coefficient (Wildman–Crippen LogP) is 3.10. The van der Waals surface area contributed by atoms with E-state index in [0.29, 0.717) is 0 Å². The van der Waals surface area contributed by atoms with E-state index in [4.69, 9.17) is 11.6 Å². The number of hydrogen-bond donors (Lipinski definition) is 0. The van der Waals surface area contributed by atoms with Gasteiger partial charge in [-0.3, -0.25) is 0 Å². The molecule has 0 spiro atoms. The maximum Gasteiger partial charge on any atom is 0.416 e. The average Bonchev–Trinajstić information content (AvgIpc) is 2.25.